The number of nitrogens with two attached hydrogens (primary N) is 1. The van der Waals surface area contributed by atoms with Crippen molar-refractivity contribution < 1.29 is 9.59 Å². The third-order valence-electron chi connectivity index (χ3n) is 4.35. The Morgan fingerprint density at radius 3 is 3.00 bits per heavy atom. The second kappa shape index (κ2) is 7.55. The Morgan fingerprint density at radius 2 is 2.26 bits per heavy atom. The maximum Gasteiger partial charge on any atom is 0.253 e. The number of likely N-dealkylation sites (tertiary alicyclic amines) is 1. The zero-order chi connectivity index (χ0) is 15.7. The van der Waals surface area contributed by atoms with Crippen molar-refractivity contribution in [1.29, 1.82) is 0 Å². The third kappa shape index (κ3) is 4.00. The van der Waals surface area contributed by atoms with Crippen LogP contribution in [0.5, 0.6) is 0 Å². The fraction of sp³-hybridized carbons (Fsp3) is 0.500. The molecule has 7 heteroatoms. The van der Waals surface area contributed by atoms with Crippen LogP contribution in [-0.4, -0.2) is 41.6 Å². The van der Waals surface area contributed by atoms with Crippen LogP contribution in [0, 0.1) is 5.92 Å². The van der Waals surface area contributed by atoms with Crippen LogP contribution in [-0.2, 0) is 4.79 Å². The number of carbonyl (C=O) groups excluding carboxylic acids is 2. The fourth-order valence-electron chi connectivity index (χ4n) is 3.02. The van der Waals surface area contributed by atoms with Crippen LogP contribution in [0.25, 0.3) is 0 Å². The first-order valence-corrected chi connectivity index (χ1v) is 8.64. The normalized spacial score (nSPS) is 21.7. The summed E-state index contributed by atoms with van der Waals surface area (Å²) in [6.07, 6.45) is 2.08. The molecule has 2 aliphatic heterocycles. The number of nitrogens with one attached hydrogen (secondary N) is 1. The molecule has 0 radical (unpaired) electrons. The van der Waals surface area contributed by atoms with Crippen LogP contribution in [0.1, 0.15) is 30.1 Å². The van der Waals surface area contributed by atoms with Gasteiger partial charge in [-0.15, -0.1) is 24.2 Å². The number of hydrogen-bond acceptors (Lipinski definition) is 4. The Hall–Kier alpha value is -1.24. The summed E-state index contributed by atoms with van der Waals surface area (Å²) in [5.74, 6) is 0.809. The van der Waals surface area contributed by atoms with E-state index in [2.05, 4.69) is 5.32 Å². The summed E-state index contributed by atoms with van der Waals surface area (Å²) in [7, 11) is 0. The van der Waals surface area contributed by atoms with Gasteiger partial charge in [0.25, 0.3) is 5.91 Å². The van der Waals surface area contributed by atoms with Crippen LogP contribution < -0.4 is 11.1 Å². The summed E-state index contributed by atoms with van der Waals surface area (Å²) in [5.41, 5.74) is 7.36. The van der Waals surface area contributed by atoms with E-state index in [0.717, 1.165) is 30.0 Å². The number of fused-ring (bicyclic) bond motifs is 1. The molecule has 0 saturated carbocycles. The Morgan fingerprint density at radius 1 is 1.48 bits per heavy atom. The predicted octanol–water partition coefficient (Wildman–Crippen LogP) is 2.35. The molecule has 1 aromatic carbocycles. The zero-order valence-electron chi connectivity index (χ0n) is 13.1. The van der Waals surface area contributed by atoms with Crippen molar-refractivity contribution in [1.82, 2.24) is 4.90 Å². The highest BCUT2D eigenvalue weighted by Gasteiger charge is 2.27. The highest BCUT2D eigenvalue weighted by atomic mass is 35.5. The zero-order valence-corrected chi connectivity index (χ0v) is 14.7. The monoisotopic (exact) mass is 355 g/mol. The molecule has 2 aliphatic rings. The van der Waals surface area contributed by atoms with Gasteiger partial charge in [-0.1, -0.05) is 0 Å². The first kappa shape index (κ1) is 18.1. The molecule has 2 atom stereocenters. The van der Waals surface area contributed by atoms with E-state index < -0.39 is 0 Å². The molecule has 1 aromatic rings. The Labute approximate surface area is 146 Å². The molecule has 126 valence electrons. The molecule has 2 heterocycles. The summed E-state index contributed by atoms with van der Waals surface area (Å²) >= 11 is 1.50. The summed E-state index contributed by atoms with van der Waals surface area (Å²) in [6, 6.07) is 5.66. The number of benzene rings is 1. The van der Waals surface area contributed by atoms with Crippen LogP contribution in [0.2, 0.25) is 0 Å². The number of piperidine rings is 1. The van der Waals surface area contributed by atoms with Gasteiger partial charge < -0.3 is 16.0 Å². The second-order valence-corrected chi connectivity index (χ2v) is 7.08. The van der Waals surface area contributed by atoms with Gasteiger partial charge in [-0.2, -0.15) is 0 Å². The first-order valence-electron chi connectivity index (χ1n) is 7.66. The molecule has 1 fully saturated rings. The largest absolute Gasteiger partial charge is 0.338 e. The average molecular weight is 356 g/mol. The highest BCUT2D eigenvalue weighted by molar-refractivity contribution is 8.00. The number of anilines is 1. The minimum Gasteiger partial charge on any atom is -0.338 e. The van der Waals surface area contributed by atoms with Crippen LogP contribution in [0.3, 0.4) is 0 Å². The third-order valence-corrected chi connectivity index (χ3v) is 5.42. The average Bonchev–Trinajstić information content (AvgIpc) is 2.53. The predicted molar refractivity (Wildman–Crippen MR) is 95.3 cm³/mol. The quantitative estimate of drug-likeness (QED) is 0.853. The number of nitrogens with zero attached hydrogens (tertiary/aromatic N) is 1. The number of halogens is 1. The minimum atomic E-state index is -0.0166. The van der Waals surface area contributed by atoms with E-state index in [1.807, 2.05) is 24.0 Å². The molecule has 0 aliphatic carbocycles. The molecule has 0 aromatic heterocycles. The summed E-state index contributed by atoms with van der Waals surface area (Å²) < 4.78 is 0. The maximum atomic E-state index is 12.7. The van der Waals surface area contributed by atoms with E-state index in [9.17, 15) is 9.59 Å². The van der Waals surface area contributed by atoms with Gasteiger partial charge in [0.2, 0.25) is 5.91 Å². The van der Waals surface area contributed by atoms with E-state index in [1.165, 1.54) is 11.8 Å². The number of amides is 2. The van der Waals surface area contributed by atoms with Crippen LogP contribution in [0.4, 0.5) is 5.69 Å². The Balaban J connectivity index is 0.00000192. The van der Waals surface area contributed by atoms with Gasteiger partial charge >= 0.3 is 0 Å². The first-order chi connectivity index (χ1) is 10.5. The Bertz CT molecular complexity index is 609. The number of carbonyl (C=O) groups is 2. The lowest BCUT2D eigenvalue weighted by Crippen LogP contribution is -2.45. The summed E-state index contributed by atoms with van der Waals surface area (Å²) in [6.45, 7) is 3.50. The lowest BCUT2D eigenvalue weighted by molar-refractivity contribution is -0.113. The molecular weight excluding hydrogens is 334 g/mol. The molecule has 3 N–H and O–H groups in total. The molecule has 2 amide bonds. The van der Waals surface area contributed by atoms with Crippen LogP contribution >= 0.6 is 24.2 Å². The van der Waals surface area contributed by atoms with E-state index >= 15 is 0 Å². The van der Waals surface area contributed by atoms with E-state index in [4.69, 9.17) is 5.73 Å². The minimum absolute atomic E-state index is 0. The van der Waals surface area contributed by atoms with E-state index in [0.29, 0.717) is 23.8 Å². The molecule has 23 heavy (non-hydrogen) atoms. The van der Waals surface area contributed by atoms with Crippen molar-refractivity contribution in [3.8, 4) is 0 Å². The lowest BCUT2D eigenvalue weighted by atomic mass is 9.92. The standard InChI is InChI=1S/C16H21N3O2S.ClH/c1-10(17)12-3-2-6-19(8-12)16(21)11-4-5-14-13(7-11)18-15(20)9-22-14;/h4-5,7,10,12H,2-3,6,8-9,17H2,1H3,(H,18,20);1H. The van der Waals surface area contributed by atoms with Gasteiger partial charge in [-0.05, 0) is 43.9 Å². The van der Waals surface area contributed by atoms with Crippen molar-refractivity contribution in [2.24, 2.45) is 11.7 Å². The van der Waals surface area contributed by atoms with Gasteiger partial charge in [0.1, 0.15) is 0 Å². The SMILES string of the molecule is CC(N)C1CCCN(C(=O)c2ccc3c(c2)NC(=O)CS3)C1.Cl. The second-order valence-electron chi connectivity index (χ2n) is 6.06. The smallest absolute Gasteiger partial charge is 0.253 e. The number of hydrogen-bond donors (Lipinski definition) is 2. The van der Waals surface area contributed by atoms with E-state index in [-0.39, 0.29) is 30.3 Å². The van der Waals surface area contributed by atoms with Crippen molar-refractivity contribution in [3.63, 3.8) is 0 Å². The molecule has 0 spiro atoms. The number of thioether (sulfide) groups is 1. The van der Waals surface area contributed by atoms with Gasteiger partial charge in [-0.25, -0.2) is 0 Å². The van der Waals surface area contributed by atoms with Crippen molar-refractivity contribution in [2.75, 3.05) is 24.2 Å². The molecule has 3 rings (SSSR count). The molecule has 0 bridgehead atoms. The lowest BCUT2D eigenvalue weighted by Gasteiger charge is -2.34. The molecular formula is C16H22ClN3O2S. The molecule has 2 unspecified atom stereocenters. The molecule has 1 saturated heterocycles. The van der Waals surface area contributed by atoms with Gasteiger partial charge in [0, 0.05) is 29.6 Å². The number of rotatable bonds is 2. The summed E-state index contributed by atoms with van der Waals surface area (Å²) in [4.78, 5) is 27.1. The van der Waals surface area contributed by atoms with Gasteiger partial charge in [-0.3, -0.25) is 9.59 Å². The highest BCUT2D eigenvalue weighted by Crippen LogP contribution is 2.32. The Kier molecular flexibility index (Phi) is 5.95. The topological polar surface area (TPSA) is 75.4 Å². The maximum absolute atomic E-state index is 12.7. The van der Waals surface area contributed by atoms with Crippen LogP contribution in [0.15, 0.2) is 23.1 Å². The van der Waals surface area contributed by atoms with Crippen molar-refractivity contribution >= 4 is 41.7 Å². The van der Waals surface area contributed by atoms with Crippen molar-refractivity contribution in [2.45, 2.75) is 30.7 Å². The van der Waals surface area contributed by atoms with Crippen molar-refractivity contribution in [3.05, 3.63) is 23.8 Å². The van der Waals surface area contributed by atoms with Gasteiger partial charge in [0.15, 0.2) is 0 Å². The van der Waals surface area contributed by atoms with E-state index in [1.54, 1.807) is 6.07 Å². The van der Waals surface area contributed by atoms with Gasteiger partial charge in [0.05, 0.1) is 11.4 Å². The molecule has 5 nitrogen and oxygen atoms in total. The fourth-order valence-corrected chi connectivity index (χ4v) is 3.81. The summed E-state index contributed by atoms with van der Waals surface area (Å²) in [5, 5.41) is 2.83.